The van der Waals surface area contributed by atoms with E-state index in [4.69, 9.17) is 10.00 Å². The summed E-state index contributed by atoms with van der Waals surface area (Å²) in [6.07, 6.45) is -0.00819. The van der Waals surface area contributed by atoms with E-state index < -0.39 is 24.0 Å². The quantitative estimate of drug-likeness (QED) is 0.469. The highest BCUT2D eigenvalue weighted by Crippen LogP contribution is 2.38. The Labute approximate surface area is 186 Å². The predicted molar refractivity (Wildman–Crippen MR) is 119 cm³/mol. The number of nitrogens with one attached hydrogen (secondary N) is 1. The number of hydrogen-bond donors (Lipinski definition) is 2. The van der Waals surface area contributed by atoms with Gasteiger partial charge in [0.1, 0.15) is 12.6 Å². The first-order valence-corrected chi connectivity index (χ1v) is 10.3. The summed E-state index contributed by atoms with van der Waals surface area (Å²) in [4.78, 5) is 24.2. The fourth-order valence-corrected chi connectivity index (χ4v) is 4.12. The van der Waals surface area contributed by atoms with Gasteiger partial charge in [0, 0.05) is 5.92 Å². The minimum absolute atomic E-state index is 0.0561. The van der Waals surface area contributed by atoms with Crippen molar-refractivity contribution in [3.05, 3.63) is 94.5 Å². The fraction of sp³-hybridized carbons (Fsp3) is 0.192. The van der Waals surface area contributed by atoms with Crippen molar-refractivity contribution in [1.29, 1.82) is 5.26 Å². The van der Waals surface area contributed by atoms with Crippen molar-refractivity contribution in [2.45, 2.75) is 31.9 Å². The Morgan fingerprint density at radius 1 is 1.06 bits per heavy atom. The SMILES string of the molecule is CC(c1ccc(C#N)cc1)C(NC(=O)OCc1cccc2c1Cc1ccccc1-2)C(=O)O. The van der Waals surface area contributed by atoms with Gasteiger partial charge in [0.05, 0.1) is 11.6 Å². The zero-order valence-electron chi connectivity index (χ0n) is 17.5. The van der Waals surface area contributed by atoms with Gasteiger partial charge in [0.15, 0.2) is 0 Å². The fourth-order valence-electron chi connectivity index (χ4n) is 4.12. The molecule has 0 bridgehead atoms. The van der Waals surface area contributed by atoms with E-state index in [1.807, 2.05) is 30.3 Å². The van der Waals surface area contributed by atoms with E-state index >= 15 is 0 Å². The van der Waals surface area contributed by atoms with Crippen LogP contribution in [0, 0.1) is 11.3 Å². The lowest BCUT2D eigenvalue weighted by Crippen LogP contribution is -2.44. The van der Waals surface area contributed by atoms with Gasteiger partial charge >= 0.3 is 12.1 Å². The second-order valence-corrected chi connectivity index (χ2v) is 7.84. The normalized spacial score (nSPS) is 13.2. The first-order chi connectivity index (χ1) is 15.5. The summed E-state index contributed by atoms with van der Waals surface area (Å²) in [6.45, 7) is 1.77. The highest BCUT2D eigenvalue weighted by atomic mass is 16.5. The van der Waals surface area contributed by atoms with Gasteiger partial charge in [0.2, 0.25) is 0 Å². The molecular weight excluding hydrogens is 404 g/mol. The zero-order chi connectivity index (χ0) is 22.7. The average Bonchev–Trinajstić information content (AvgIpc) is 3.20. The molecule has 160 valence electrons. The topological polar surface area (TPSA) is 99.4 Å². The Kier molecular flexibility index (Phi) is 5.91. The number of carbonyl (C=O) groups excluding carboxylic acids is 1. The van der Waals surface area contributed by atoms with Crippen molar-refractivity contribution in [3.8, 4) is 17.2 Å². The molecule has 0 aliphatic heterocycles. The maximum Gasteiger partial charge on any atom is 0.408 e. The van der Waals surface area contributed by atoms with E-state index in [-0.39, 0.29) is 6.61 Å². The Balaban J connectivity index is 1.43. The lowest BCUT2D eigenvalue weighted by atomic mass is 9.93. The first kappa shape index (κ1) is 21.1. The third-order valence-electron chi connectivity index (χ3n) is 5.91. The summed E-state index contributed by atoms with van der Waals surface area (Å²) < 4.78 is 5.40. The number of carboxylic acid groups (broad SMARTS) is 1. The molecule has 0 aromatic heterocycles. The van der Waals surface area contributed by atoms with Crippen molar-refractivity contribution in [2.75, 3.05) is 0 Å². The lowest BCUT2D eigenvalue weighted by Gasteiger charge is -2.22. The summed E-state index contributed by atoms with van der Waals surface area (Å²) in [5.74, 6) is -1.67. The van der Waals surface area contributed by atoms with Crippen molar-refractivity contribution in [3.63, 3.8) is 0 Å². The molecule has 3 aromatic carbocycles. The molecule has 2 unspecified atom stereocenters. The molecule has 0 heterocycles. The van der Waals surface area contributed by atoms with Gasteiger partial charge in [0.25, 0.3) is 0 Å². The summed E-state index contributed by atoms with van der Waals surface area (Å²) in [5.41, 5.74) is 6.79. The van der Waals surface area contributed by atoms with E-state index in [0.29, 0.717) is 11.1 Å². The van der Waals surface area contributed by atoms with E-state index in [2.05, 4.69) is 23.5 Å². The van der Waals surface area contributed by atoms with Crippen LogP contribution in [0.3, 0.4) is 0 Å². The van der Waals surface area contributed by atoms with Gasteiger partial charge in [-0.2, -0.15) is 5.26 Å². The van der Waals surface area contributed by atoms with Crippen LogP contribution in [0.2, 0.25) is 0 Å². The number of nitrogens with zero attached hydrogens (tertiary/aromatic N) is 1. The second-order valence-electron chi connectivity index (χ2n) is 7.84. The largest absolute Gasteiger partial charge is 0.480 e. The number of carbonyl (C=O) groups is 2. The first-order valence-electron chi connectivity index (χ1n) is 10.3. The summed E-state index contributed by atoms with van der Waals surface area (Å²) in [7, 11) is 0. The third kappa shape index (κ3) is 4.19. The Bertz CT molecular complexity index is 1210. The van der Waals surface area contributed by atoms with Crippen LogP contribution in [0.4, 0.5) is 4.79 Å². The molecular formula is C26H22N2O4. The number of nitriles is 1. The monoisotopic (exact) mass is 426 g/mol. The van der Waals surface area contributed by atoms with Crippen LogP contribution in [0.15, 0.2) is 66.7 Å². The molecule has 0 saturated heterocycles. The minimum atomic E-state index is -1.17. The van der Waals surface area contributed by atoms with Crippen LogP contribution in [-0.4, -0.2) is 23.2 Å². The van der Waals surface area contributed by atoms with Gasteiger partial charge in [-0.1, -0.05) is 61.5 Å². The molecule has 1 amide bonds. The maximum absolute atomic E-state index is 12.4. The van der Waals surface area contributed by atoms with E-state index in [0.717, 1.165) is 23.1 Å². The van der Waals surface area contributed by atoms with Crippen LogP contribution in [0.5, 0.6) is 0 Å². The number of benzene rings is 3. The number of amides is 1. The van der Waals surface area contributed by atoms with Crippen molar-refractivity contribution < 1.29 is 19.4 Å². The number of ether oxygens (including phenoxy) is 1. The molecule has 4 rings (SSSR count). The summed E-state index contributed by atoms with van der Waals surface area (Å²) in [5, 5.41) is 21.0. The molecule has 1 aliphatic carbocycles. The minimum Gasteiger partial charge on any atom is -0.480 e. The lowest BCUT2D eigenvalue weighted by molar-refractivity contribution is -0.139. The second kappa shape index (κ2) is 8.94. The Hall–Kier alpha value is -4.11. The molecule has 0 saturated carbocycles. The molecule has 0 radical (unpaired) electrons. The van der Waals surface area contributed by atoms with Crippen LogP contribution in [0.25, 0.3) is 11.1 Å². The summed E-state index contributed by atoms with van der Waals surface area (Å²) >= 11 is 0. The standard InChI is InChI=1S/C26H22N2O4/c1-16(18-11-9-17(14-27)10-12-18)24(25(29)30)28-26(31)32-15-20-6-4-8-22-21-7-3-2-5-19(21)13-23(20)22/h2-12,16,24H,13,15H2,1H3,(H,28,31)(H,29,30). The van der Waals surface area contributed by atoms with Crippen LogP contribution >= 0.6 is 0 Å². The number of carboxylic acids is 1. The highest BCUT2D eigenvalue weighted by Gasteiger charge is 2.28. The molecule has 1 aliphatic rings. The predicted octanol–water partition coefficient (Wildman–Crippen LogP) is 4.61. The molecule has 0 fully saturated rings. The molecule has 32 heavy (non-hydrogen) atoms. The molecule has 2 atom stereocenters. The van der Waals surface area contributed by atoms with Crippen molar-refractivity contribution in [2.24, 2.45) is 0 Å². The third-order valence-corrected chi connectivity index (χ3v) is 5.91. The maximum atomic E-state index is 12.4. The average molecular weight is 426 g/mol. The number of rotatable bonds is 6. The van der Waals surface area contributed by atoms with Gasteiger partial charge < -0.3 is 15.2 Å². The Morgan fingerprint density at radius 3 is 2.50 bits per heavy atom. The van der Waals surface area contributed by atoms with E-state index in [1.54, 1.807) is 31.2 Å². The summed E-state index contributed by atoms with van der Waals surface area (Å²) in [6, 6.07) is 21.6. The number of hydrogen-bond acceptors (Lipinski definition) is 4. The van der Waals surface area contributed by atoms with Gasteiger partial charge in [-0.3, -0.25) is 0 Å². The van der Waals surface area contributed by atoms with Crippen LogP contribution in [-0.2, 0) is 22.6 Å². The van der Waals surface area contributed by atoms with Crippen molar-refractivity contribution in [1.82, 2.24) is 5.32 Å². The van der Waals surface area contributed by atoms with Crippen LogP contribution in [0.1, 0.15) is 40.7 Å². The van der Waals surface area contributed by atoms with Gasteiger partial charge in [-0.15, -0.1) is 0 Å². The highest BCUT2D eigenvalue weighted by molar-refractivity contribution is 5.81. The van der Waals surface area contributed by atoms with Crippen molar-refractivity contribution >= 4 is 12.1 Å². The number of fused-ring (bicyclic) bond motifs is 3. The van der Waals surface area contributed by atoms with Gasteiger partial charge in [-0.25, -0.2) is 9.59 Å². The van der Waals surface area contributed by atoms with E-state index in [1.165, 1.54) is 11.1 Å². The molecule has 0 spiro atoms. The van der Waals surface area contributed by atoms with E-state index in [9.17, 15) is 14.7 Å². The van der Waals surface area contributed by atoms with Gasteiger partial charge in [-0.05, 0) is 51.9 Å². The zero-order valence-corrected chi connectivity index (χ0v) is 17.5. The molecule has 6 heteroatoms. The van der Waals surface area contributed by atoms with Crippen LogP contribution < -0.4 is 5.32 Å². The molecule has 3 aromatic rings. The Morgan fingerprint density at radius 2 is 1.78 bits per heavy atom. The number of aliphatic carboxylic acids is 1. The molecule has 2 N–H and O–H groups in total. The smallest absolute Gasteiger partial charge is 0.408 e. The number of alkyl carbamates (subject to hydrolysis) is 1. The molecule has 6 nitrogen and oxygen atoms in total.